The lowest BCUT2D eigenvalue weighted by Crippen LogP contribution is -2.22. The standard InChI is InChI=1S/C22H30N2O2/c1-5-24(6-2)15-18-7-9-19(10-8-18)22(25)23-20-11-13-21(14-12-20)26-16-17(3)4/h7-14,17H,5-6,15-16H2,1-4H3,(H,23,25). The zero-order chi connectivity index (χ0) is 18.9. The minimum Gasteiger partial charge on any atom is -0.493 e. The predicted molar refractivity (Wildman–Crippen MR) is 108 cm³/mol. The zero-order valence-corrected chi connectivity index (χ0v) is 16.3. The Balaban J connectivity index is 1.92. The van der Waals surface area contributed by atoms with Gasteiger partial charge in [-0.25, -0.2) is 0 Å². The van der Waals surface area contributed by atoms with Gasteiger partial charge in [0.1, 0.15) is 5.75 Å². The molecular formula is C22H30N2O2. The van der Waals surface area contributed by atoms with Crippen molar-refractivity contribution in [2.45, 2.75) is 34.2 Å². The molecule has 0 saturated heterocycles. The molecule has 140 valence electrons. The summed E-state index contributed by atoms with van der Waals surface area (Å²) in [4.78, 5) is 14.8. The van der Waals surface area contributed by atoms with Crippen LogP contribution in [0.3, 0.4) is 0 Å². The van der Waals surface area contributed by atoms with Gasteiger partial charge >= 0.3 is 0 Å². The number of carbonyl (C=O) groups is 1. The first-order valence-electron chi connectivity index (χ1n) is 9.37. The summed E-state index contributed by atoms with van der Waals surface area (Å²) < 4.78 is 5.66. The number of rotatable bonds is 9. The van der Waals surface area contributed by atoms with Gasteiger partial charge in [0, 0.05) is 17.8 Å². The molecule has 0 fully saturated rings. The van der Waals surface area contributed by atoms with Crippen LogP contribution in [-0.4, -0.2) is 30.5 Å². The average Bonchev–Trinajstić information content (AvgIpc) is 2.66. The molecule has 0 aromatic heterocycles. The molecule has 26 heavy (non-hydrogen) atoms. The summed E-state index contributed by atoms with van der Waals surface area (Å²) in [5.41, 5.74) is 2.64. The Morgan fingerprint density at radius 3 is 2.15 bits per heavy atom. The first-order chi connectivity index (χ1) is 12.5. The molecule has 0 aliphatic rings. The lowest BCUT2D eigenvalue weighted by atomic mass is 10.1. The third-order valence-electron chi connectivity index (χ3n) is 4.21. The summed E-state index contributed by atoms with van der Waals surface area (Å²) in [7, 11) is 0. The minimum atomic E-state index is -0.102. The Morgan fingerprint density at radius 2 is 1.62 bits per heavy atom. The Hall–Kier alpha value is -2.33. The number of benzene rings is 2. The SMILES string of the molecule is CCN(CC)Cc1ccc(C(=O)Nc2ccc(OCC(C)C)cc2)cc1. The summed E-state index contributed by atoms with van der Waals surface area (Å²) in [5, 5.41) is 2.93. The van der Waals surface area contributed by atoms with Crippen molar-refractivity contribution in [3.05, 3.63) is 59.7 Å². The van der Waals surface area contributed by atoms with Crippen LogP contribution in [0.4, 0.5) is 5.69 Å². The number of ether oxygens (including phenoxy) is 1. The van der Waals surface area contributed by atoms with Crippen LogP contribution in [0, 0.1) is 5.92 Å². The molecule has 1 amide bonds. The predicted octanol–water partition coefficient (Wildman–Crippen LogP) is 4.82. The van der Waals surface area contributed by atoms with E-state index in [9.17, 15) is 4.79 Å². The molecule has 2 aromatic carbocycles. The molecule has 0 bridgehead atoms. The number of hydrogen-bond acceptors (Lipinski definition) is 3. The Morgan fingerprint density at radius 1 is 1.00 bits per heavy atom. The molecule has 0 radical (unpaired) electrons. The molecule has 4 nitrogen and oxygen atoms in total. The summed E-state index contributed by atoms with van der Waals surface area (Å²) in [6.45, 7) is 12.2. The van der Waals surface area contributed by atoms with Crippen molar-refractivity contribution < 1.29 is 9.53 Å². The van der Waals surface area contributed by atoms with E-state index in [2.05, 4.69) is 37.9 Å². The fourth-order valence-electron chi connectivity index (χ4n) is 2.57. The van der Waals surface area contributed by atoms with Crippen molar-refractivity contribution in [1.29, 1.82) is 0 Å². The lowest BCUT2D eigenvalue weighted by Gasteiger charge is -2.18. The van der Waals surface area contributed by atoms with Crippen molar-refractivity contribution >= 4 is 11.6 Å². The maximum Gasteiger partial charge on any atom is 0.255 e. The van der Waals surface area contributed by atoms with E-state index in [0.29, 0.717) is 18.1 Å². The summed E-state index contributed by atoms with van der Waals surface area (Å²) in [6, 6.07) is 15.3. The fourth-order valence-corrected chi connectivity index (χ4v) is 2.57. The molecule has 2 rings (SSSR count). The maximum absolute atomic E-state index is 12.4. The normalized spacial score (nSPS) is 11.0. The summed E-state index contributed by atoms with van der Waals surface area (Å²) in [6.07, 6.45) is 0. The van der Waals surface area contributed by atoms with Crippen molar-refractivity contribution in [3.8, 4) is 5.75 Å². The molecule has 0 spiro atoms. The van der Waals surface area contributed by atoms with Crippen LogP contribution in [0.1, 0.15) is 43.6 Å². The van der Waals surface area contributed by atoms with Crippen LogP contribution in [-0.2, 0) is 6.54 Å². The van der Waals surface area contributed by atoms with E-state index >= 15 is 0 Å². The number of anilines is 1. The van der Waals surface area contributed by atoms with Crippen molar-refractivity contribution in [3.63, 3.8) is 0 Å². The molecule has 0 atom stereocenters. The van der Waals surface area contributed by atoms with Crippen LogP contribution >= 0.6 is 0 Å². The first kappa shape index (κ1) is 20.0. The van der Waals surface area contributed by atoms with Crippen molar-refractivity contribution in [2.75, 3.05) is 25.0 Å². The van der Waals surface area contributed by atoms with E-state index < -0.39 is 0 Å². The second-order valence-electron chi connectivity index (χ2n) is 6.84. The van der Waals surface area contributed by atoms with E-state index in [4.69, 9.17) is 4.74 Å². The van der Waals surface area contributed by atoms with Gasteiger partial charge in [-0.1, -0.05) is 39.8 Å². The average molecular weight is 354 g/mol. The number of amides is 1. The Kier molecular flexibility index (Phi) is 7.67. The third kappa shape index (κ3) is 6.19. The molecule has 0 heterocycles. The second kappa shape index (κ2) is 9.97. The van der Waals surface area contributed by atoms with Gasteiger partial charge in [0.15, 0.2) is 0 Å². The zero-order valence-electron chi connectivity index (χ0n) is 16.3. The van der Waals surface area contributed by atoms with Crippen molar-refractivity contribution in [1.82, 2.24) is 4.90 Å². The van der Waals surface area contributed by atoms with Gasteiger partial charge in [-0.2, -0.15) is 0 Å². The molecule has 0 unspecified atom stereocenters. The highest BCUT2D eigenvalue weighted by atomic mass is 16.5. The van der Waals surface area contributed by atoms with E-state index in [1.165, 1.54) is 5.56 Å². The third-order valence-corrected chi connectivity index (χ3v) is 4.21. The largest absolute Gasteiger partial charge is 0.493 e. The van der Waals surface area contributed by atoms with Crippen LogP contribution in [0.25, 0.3) is 0 Å². The van der Waals surface area contributed by atoms with Crippen LogP contribution in [0.5, 0.6) is 5.75 Å². The quantitative estimate of drug-likeness (QED) is 0.702. The van der Waals surface area contributed by atoms with E-state index in [1.807, 2.05) is 48.5 Å². The second-order valence-corrected chi connectivity index (χ2v) is 6.84. The monoisotopic (exact) mass is 354 g/mol. The molecule has 4 heteroatoms. The molecule has 0 aliphatic heterocycles. The van der Waals surface area contributed by atoms with E-state index in [-0.39, 0.29) is 5.91 Å². The highest BCUT2D eigenvalue weighted by Gasteiger charge is 2.07. The van der Waals surface area contributed by atoms with Crippen LogP contribution < -0.4 is 10.1 Å². The number of hydrogen-bond donors (Lipinski definition) is 1. The van der Waals surface area contributed by atoms with Gasteiger partial charge in [0.2, 0.25) is 0 Å². The van der Waals surface area contributed by atoms with Gasteiger partial charge in [-0.15, -0.1) is 0 Å². The first-order valence-corrected chi connectivity index (χ1v) is 9.37. The lowest BCUT2D eigenvalue weighted by molar-refractivity contribution is 0.102. The number of nitrogens with zero attached hydrogens (tertiary/aromatic N) is 1. The van der Waals surface area contributed by atoms with Crippen LogP contribution in [0.2, 0.25) is 0 Å². The summed E-state index contributed by atoms with van der Waals surface area (Å²) >= 11 is 0. The van der Waals surface area contributed by atoms with E-state index in [1.54, 1.807) is 0 Å². The van der Waals surface area contributed by atoms with Crippen LogP contribution in [0.15, 0.2) is 48.5 Å². The van der Waals surface area contributed by atoms with Gasteiger partial charge < -0.3 is 10.1 Å². The topological polar surface area (TPSA) is 41.6 Å². The number of carbonyl (C=O) groups excluding carboxylic acids is 1. The van der Waals surface area contributed by atoms with Gasteiger partial charge in [-0.05, 0) is 61.0 Å². The molecule has 0 aliphatic carbocycles. The molecule has 0 saturated carbocycles. The van der Waals surface area contributed by atoms with E-state index in [0.717, 1.165) is 31.1 Å². The Bertz CT molecular complexity index is 674. The minimum absolute atomic E-state index is 0.102. The highest BCUT2D eigenvalue weighted by Crippen LogP contribution is 2.17. The Labute approximate surface area is 157 Å². The maximum atomic E-state index is 12.4. The molecule has 2 aromatic rings. The fraction of sp³-hybridized carbons (Fsp3) is 0.409. The highest BCUT2D eigenvalue weighted by molar-refractivity contribution is 6.04. The smallest absolute Gasteiger partial charge is 0.255 e. The van der Waals surface area contributed by atoms with Gasteiger partial charge in [0.05, 0.1) is 6.61 Å². The van der Waals surface area contributed by atoms with Gasteiger partial charge in [0.25, 0.3) is 5.91 Å². The summed E-state index contributed by atoms with van der Waals surface area (Å²) in [5.74, 6) is 1.20. The molecular weight excluding hydrogens is 324 g/mol. The number of nitrogens with one attached hydrogen (secondary N) is 1. The van der Waals surface area contributed by atoms with Gasteiger partial charge in [-0.3, -0.25) is 9.69 Å². The molecule has 1 N–H and O–H groups in total. The van der Waals surface area contributed by atoms with Crippen molar-refractivity contribution in [2.24, 2.45) is 5.92 Å².